The van der Waals surface area contributed by atoms with E-state index in [-0.39, 0.29) is 11.0 Å². The summed E-state index contributed by atoms with van der Waals surface area (Å²) in [5.41, 5.74) is -2.02. The second-order valence-corrected chi connectivity index (χ2v) is 3.74. The smallest absolute Gasteiger partial charge is 0.326 e. The SMILES string of the molecule is COCCn1c(C)nc2c(=O)[nH]c(=O)[nH]c2c1=O. The van der Waals surface area contributed by atoms with Gasteiger partial charge in [-0.2, -0.15) is 0 Å². The Balaban J connectivity index is 2.81. The van der Waals surface area contributed by atoms with Crippen LogP contribution >= 0.6 is 0 Å². The van der Waals surface area contributed by atoms with Gasteiger partial charge in [-0.15, -0.1) is 0 Å². The summed E-state index contributed by atoms with van der Waals surface area (Å²) in [6.07, 6.45) is 0. The molecule has 0 aliphatic carbocycles. The number of aromatic amines is 2. The molecular weight excluding hydrogens is 240 g/mol. The van der Waals surface area contributed by atoms with Crippen LogP contribution in [0.3, 0.4) is 0 Å². The topological polar surface area (TPSA) is 110 Å². The zero-order valence-electron chi connectivity index (χ0n) is 9.94. The number of aryl methyl sites for hydroxylation is 1. The van der Waals surface area contributed by atoms with Gasteiger partial charge >= 0.3 is 5.69 Å². The minimum Gasteiger partial charge on any atom is -0.383 e. The first kappa shape index (κ1) is 12.2. The normalized spacial score (nSPS) is 11.0. The third kappa shape index (κ3) is 1.97. The average Bonchev–Trinajstić information content (AvgIpc) is 2.31. The maximum Gasteiger partial charge on any atom is 0.326 e. The number of hydrogen-bond acceptors (Lipinski definition) is 5. The van der Waals surface area contributed by atoms with Crippen molar-refractivity contribution in [1.29, 1.82) is 0 Å². The number of aromatic nitrogens is 4. The largest absolute Gasteiger partial charge is 0.383 e. The van der Waals surface area contributed by atoms with Gasteiger partial charge in [-0.05, 0) is 6.92 Å². The van der Waals surface area contributed by atoms with Crippen LogP contribution in [0.1, 0.15) is 5.82 Å². The van der Waals surface area contributed by atoms with Crippen molar-refractivity contribution in [2.45, 2.75) is 13.5 Å². The first-order chi connectivity index (χ1) is 8.54. The monoisotopic (exact) mass is 252 g/mol. The quantitative estimate of drug-likeness (QED) is 0.707. The number of rotatable bonds is 3. The van der Waals surface area contributed by atoms with E-state index >= 15 is 0 Å². The van der Waals surface area contributed by atoms with Crippen molar-refractivity contribution in [3.63, 3.8) is 0 Å². The number of methoxy groups -OCH3 is 1. The molecule has 0 fully saturated rings. The van der Waals surface area contributed by atoms with Gasteiger partial charge in [0.1, 0.15) is 11.3 Å². The minimum absolute atomic E-state index is 0.0641. The molecule has 8 nitrogen and oxygen atoms in total. The van der Waals surface area contributed by atoms with Crippen molar-refractivity contribution in [2.24, 2.45) is 0 Å². The molecule has 2 N–H and O–H groups in total. The Hall–Kier alpha value is -2.22. The van der Waals surface area contributed by atoms with Crippen LogP contribution in [0.25, 0.3) is 11.0 Å². The maximum atomic E-state index is 12.1. The van der Waals surface area contributed by atoms with Crippen LogP contribution < -0.4 is 16.8 Å². The summed E-state index contributed by atoms with van der Waals surface area (Å²) in [4.78, 5) is 43.1. The summed E-state index contributed by atoms with van der Waals surface area (Å²) < 4.78 is 6.24. The van der Waals surface area contributed by atoms with Gasteiger partial charge in [-0.1, -0.05) is 0 Å². The Morgan fingerprint density at radius 3 is 2.67 bits per heavy atom. The van der Waals surface area contributed by atoms with Crippen molar-refractivity contribution < 1.29 is 4.74 Å². The van der Waals surface area contributed by atoms with Crippen LogP contribution in [-0.4, -0.2) is 33.2 Å². The van der Waals surface area contributed by atoms with Crippen molar-refractivity contribution in [3.05, 3.63) is 37.0 Å². The predicted octanol–water partition coefficient (Wildman–Crippen LogP) is -1.27. The summed E-state index contributed by atoms with van der Waals surface area (Å²) in [5.74, 6) is 0.391. The molecule has 0 atom stereocenters. The highest BCUT2D eigenvalue weighted by Gasteiger charge is 2.11. The van der Waals surface area contributed by atoms with Crippen LogP contribution in [0.5, 0.6) is 0 Å². The fraction of sp³-hybridized carbons (Fsp3) is 0.400. The molecule has 96 valence electrons. The first-order valence-electron chi connectivity index (χ1n) is 5.27. The number of nitrogens with zero attached hydrogens (tertiary/aromatic N) is 2. The third-order valence-corrected chi connectivity index (χ3v) is 2.56. The number of ether oxygens (including phenoxy) is 1. The molecule has 0 bridgehead atoms. The van der Waals surface area contributed by atoms with E-state index in [9.17, 15) is 14.4 Å². The Bertz CT molecular complexity index is 755. The second-order valence-electron chi connectivity index (χ2n) is 3.74. The number of fused-ring (bicyclic) bond motifs is 1. The summed E-state index contributed by atoms with van der Waals surface area (Å²) in [5, 5.41) is 0. The van der Waals surface area contributed by atoms with Crippen molar-refractivity contribution in [3.8, 4) is 0 Å². The van der Waals surface area contributed by atoms with Crippen LogP contribution in [0, 0.1) is 6.92 Å². The summed E-state index contributed by atoms with van der Waals surface area (Å²) >= 11 is 0. The second kappa shape index (κ2) is 4.57. The Morgan fingerprint density at radius 2 is 2.00 bits per heavy atom. The third-order valence-electron chi connectivity index (χ3n) is 2.56. The molecule has 8 heteroatoms. The zero-order valence-corrected chi connectivity index (χ0v) is 9.94. The van der Waals surface area contributed by atoms with Crippen LogP contribution in [-0.2, 0) is 11.3 Å². The Kier molecular flexibility index (Phi) is 3.11. The Morgan fingerprint density at radius 1 is 1.28 bits per heavy atom. The van der Waals surface area contributed by atoms with Gasteiger partial charge in [0.15, 0.2) is 5.52 Å². The van der Waals surface area contributed by atoms with Gasteiger partial charge in [-0.25, -0.2) is 9.78 Å². The fourth-order valence-electron chi connectivity index (χ4n) is 1.69. The lowest BCUT2D eigenvalue weighted by atomic mass is 10.4. The standard InChI is InChI=1S/C10H12N4O4/c1-5-11-6-7(12-10(17)13-8(6)15)9(16)14(5)3-4-18-2/h3-4H2,1-2H3,(H2,12,13,15,17). The molecule has 0 aliphatic rings. The highest BCUT2D eigenvalue weighted by molar-refractivity contribution is 5.71. The lowest BCUT2D eigenvalue weighted by Gasteiger charge is -2.09. The molecule has 0 aliphatic heterocycles. The number of H-pyrrole nitrogens is 2. The molecule has 2 rings (SSSR count). The van der Waals surface area contributed by atoms with E-state index in [0.29, 0.717) is 19.0 Å². The maximum absolute atomic E-state index is 12.1. The van der Waals surface area contributed by atoms with E-state index in [0.717, 1.165) is 0 Å². The lowest BCUT2D eigenvalue weighted by molar-refractivity contribution is 0.185. The van der Waals surface area contributed by atoms with E-state index < -0.39 is 16.8 Å². The molecule has 0 saturated carbocycles. The van der Waals surface area contributed by atoms with Gasteiger partial charge in [-0.3, -0.25) is 19.1 Å². The predicted molar refractivity (Wildman–Crippen MR) is 63.9 cm³/mol. The van der Waals surface area contributed by atoms with Crippen molar-refractivity contribution in [1.82, 2.24) is 19.5 Å². The van der Waals surface area contributed by atoms with Crippen LogP contribution in [0.15, 0.2) is 14.4 Å². The Labute approximate surface area is 100 Å². The van der Waals surface area contributed by atoms with E-state index in [1.807, 2.05) is 4.98 Å². The number of nitrogens with one attached hydrogen (secondary N) is 2. The molecule has 0 saturated heterocycles. The molecule has 2 heterocycles. The van der Waals surface area contributed by atoms with Gasteiger partial charge < -0.3 is 9.72 Å². The first-order valence-corrected chi connectivity index (χ1v) is 5.27. The average molecular weight is 252 g/mol. The molecule has 0 unspecified atom stereocenters. The number of hydrogen-bond donors (Lipinski definition) is 2. The molecule has 18 heavy (non-hydrogen) atoms. The van der Waals surface area contributed by atoms with Crippen LogP contribution in [0.2, 0.25) is 0 Å². The molecule has 2 aromatic rings. The molecule has 0 spiro atoms. The molecular formula is C10H12N4O4. The zero-order chi connectivity index (χ0) is 13.3. The van der Waals surface area contributed by atoms with Gasteiger partial charge in [0.05, 0.1) is 13.2 Å². The highest BCUT2D eigenvalue weighted by Crippen LogP contribution is 1.98. The van der Waals surface area contributed by atoms with E-state index in [1.165, 1.54) is 11.7 Å². The fourth-order valence-corrected chi connectivity index (χ4v) is 1.69. The van der Waals surface area contributed by atoms with Crippen molar-refractivity contribution in [2.75, 3.05) is 13.7 Å². The molecule has 0 radical (unpaired) electrons. The van der Waals surface area contributed by atoms with E-state index in [2.05, 4.69) is 9.97 Å². The molecule has 0 aromatic carbocycles. The van der Waals surface area contributed by atoms with E-state index in [4.69, 9.17) is 4.74 Å². The summed E-state index contributed by atoms with van der Waals surface area (Å²) in [6, 6.07) is 0. The van der Waals surface area contributed by atoms with Gasteiger partial charge in [0.25, 0.3) is 11.1 Å². The highest BCUT2D eigenvalue weighted by atomic mass is 16.5. The minimum atomic E-state index is -0.728. The summed E-state index contributed by atoms with van der Waals surface area (Å²) in [7, 11) is 1.52. The lowest BCUT2D eigenvalue weighted by Crippen LogP contribution is -2.32. The van der Waals surface area contributed by atoms with Crippen molar-refractivity contribution >= 4 is 11.0 Å². The summed E-state index contributed by atoms with van der Waals surface area (Å²) in [6.45, 7) is 2.25. The van der Waals surface area contributed by atoms with Gasteiger partial charge in [0, 0.05) is 7.11 Å². The molecule has 0 amide bonds. The van der Waals surface area contributed by atoms with E-state index in [1.54, 1.807) is 6.92 Å². The molecule has 2 aromatic heterocycles. The van der Waals surface area contributed by atoms with Gasteiger partial charge in [0.2, 0.25) is 0 Å². The van der Waals surface area contributed by atoms with Crippen LogP contribution in [0.4, 0.5) is 0 Å².